The third kappa shape index (κ3) is 11.8. The molecule has 0 aliphatic carbocycles. The van der Waals surface area contributed by atoms with E-state index in [1.165, 1.54) is 13.5 Å². The van der Waals surface area contributed by atoms with Gasteiger partial charge in [-0.3, -0.25) is 0 Å². The van der Waals surface area contributed by atoms with Crippen LogP contribution in [0.25, 0.3) is 0 Å². The Morgan fingerprint density at radius 2 is 1.86 bits per heavy atom. The van der Waals surface area contributed by atoms with Gasteiger partial charge in [0.05, 0.1) is 18.7 Å². The van der Waals surface area contributed by atoms with Crippen molar-refractivity contribution in [3.63, 3.8) is 0 Å². The van der Waals surface area contributed by atoms with Crippen LogP contribution in [0.5, 0.6) is 5.75 Å². The molecule has 0 bridgehead atoms. The van der Waals surface area contributed by atoms with Gasteiger partial charge in [0.1, 0.15) is 17.6 Å². The Bertz CT molecular complexity index is 1010. The molecule has 1 amide bonds. The predicted octanol–water partition coefficient (Wildman–Crippen LogP) is 6.21. The van der Waals surface area contributed by atoms with E-state index in [1.807, 2.05) is 38.1 Å². The zero-order valence-electron chi connectivity index (χ0n) is 21.8. The van der Waals surface area contributed by atoms with Crippen LogP contribution in [0.3, 0.4) is 0 Å². The fourth-order valence-corrected chi connectivity index (χ4v) is 3.05. The normalized spacial score (nSPS) is 13.9. The van der Waals surface area contributed by atoms with Gasteiger partial charge in [0.2, 0.25) is 0 Å². The fraction of sp³-hybridized carbons (Fsp3) is 0.357. The number of benzene rings is 2. The van der Waals surface area contributed by atoms with Crippen molar-refractivity contribution in [2.45, 2.75) is 40.2 Å². The Labute approximate surface area is 215 Å². The maximum Gasteiger partial charge on any atom is 0.405 e. The van der Waals surface area contributed by atoms with Crippen LogP contribution < -0.4 is 20.7 Å². The molecule has 36 heavy (non-hydrogen) atoms. The molecule has 2 aromatic rings. The minimum Gasteiger partial charge on any atom is -0.495 e. The first-order valence-electron chi connectivity index (χ1n) is 11.6. The van der Waals surface area contributed by atoms with E-state index in [4.69, 9.17) is 19.8 Å². The highest BCUT2D eigenvalue weighted by Crippen LogP contribution is 2.24. The lowest BCUT2D eigenvalue weighted by Gasteiger charge is -2.16. The molecule has 2 unspecified atom stereocenters. The van der Waals surface area contributed by atoms with E-state index >= 15 is 0 Å². The number of rotatable bonds is 7. The number of carbonyl (C=O) groups is 1. The van der Waals surface area contributed by atoms with E-state index in [0.29, 0.717) is 17.1 Å². The number of nitrogens with zero attached hydrogens (tertiary/aromatic N) is 1. The van der Waals surface area contributed by atoms with E-state index in [0.717, 1.165) is 36.1 Å². The molecule has 1 saturated heterocycles. The summed E-state index contributed by atoms with van der Waals surface area (Å²) in [6.45, 7) is 13.9. The Balaban J connectivity index is 0.00000104. The number of hydrogen-bond acceptors (Lipinski definition) is 6. The summed E-state index contributed by atoms with van der Waals surface area (Å²) in [5, 5.41) is 26.5. The molecule has 1 aliphatic rings. The number of hydrogen-bond donors (Lipinski definition) is 4. The topological polar surface area (TPSA) is 116 Å². The summed E-state index contributed by atoms with van der Waals surface area (Å²) >= 11 is 0. The van der Waals surface area contributed by atoms with E-state index < -0.39 is 6.09 Å². The molecule has 2 atom stereocenters. The van der Waals surface area contributed by atoms with Crippen LogP contribution in [0.2, 0.25) is 0 Å². The summed E-state index contributed by atoms with van der Waals surface area (Å²) in [7, 11) is 1.50. The molecule has 8 heteroatoms. The van der Waals surface area contributed by atoms with E-state index in [2.05, 4.69) is 48.4 Å². The fourth-order valence-electron chi connectivity index (χ4n) is 3.05. The summed E-state index contributed by atoms with van der Waals surface area (Å²) in [6, 6.07) is 14.2. The highest BCUT2D eigenvalue weighted by molar-refractivity contribution is 5.65. The first-order chi connectivity index (χ1) is 17.3. The third-order valence-electron chi connectivity index (χ3n) is 4.80. The number of nitriles is 1. The molecule has 1 heterocycles. The van der Waals surface area contributed by atoms with Gasteiger partial charge < -0.3 is 30.5 Å². The average molecular weight is 495 g/mol. The standard InChI is InChI=1S/C19H20N4O3.C5H10O.C2H6.C2H2/c1-12(21-19(24)25)14-5-4-6-16(9-14)22-13(2)23-17-8-7-15(11-20)18(10-17)26-3;1-5-2-3-6-4-5;2*1-2/h4-10,12,21-23H,2H2,1,3H3,(H,24,25);5H,2-4H2,1H3;1-2H3;1-2H. The van der Waals surface area contributed by atoms with Gasteiger partial charge in [0, 0.05) is 30.7 Å². The number of carboxylic acid groups (broad SMARTS) is 1. The monoisotopic (exact) mass is 494 g/mol. The molecule has 194 valence electrons. The zero-order valence-corrected chi connectivity index (χ0v) is 21.8. The zero-order chi connectivity index (χ0) is 27.5. The van der Waals surface area contributed by atoms with E-state index in [-0.39, 0.29) is 6.04 Å². The summed E-state index contributed by atoms with van der Waals surface area (Å²) in [6.07, 6.45) is 8.19. The molecule has 1 aliphatic heterocycles. The average Bonchev–Trinajstić information content (AvgIpc) is 3.37. The van der Waals surface area contributed by atoms with Crippen molar-refractivity contribution in [2.24, 2.45) is 5.92 Å². The highest BCUT2D eigenvalue weighted by Gasteiger charge is 2.09. The third-order valence-corrected chi connectivity index (χ3v) is 4.80. The minimum absolute atomic E-state index is 0.335. The summed E-state index contributed by atoms with van der Waals surface area (Å²) in [5.41, 5.74) is 2.75. The molecular weight excluding hydrogens is 456 g/mol. The van der Waals surface area contributed by atoms with Crippen molar-refractivity contribution in [3.8, 4) is 24.7 Å². The van der Waals surface area contributed by atoms with Gasteiger partial charge in [-0.05, 0) is 49.1 Å². The highest BCUT2D eigenvalue weighted by atomic mass is 16.5. The van der Waals surface area contributed by atoms with Crippen molar-refractivity contribution in [3.05, 3.63) is 66.0 Å². The van der Waals surface area contributed by atoms with Crippen molar-refractivity contribution in [2.75, 3.05) is 31.0 Å². The smallest absolute Gasteiger partial charge is 0.405 e. The lowest BCUT2D eigenvalue weighted by molar-refractivity contribution is 0.188. The molecule has 4 N–H and O–H groups in total. The minimum atomic E-state index is -1.07. The Morgan fingerprint density at radius 3 is 2.33 bits per heavy atom. The van der Waals surface area contributed by atoms with Gasteiger partial charge >= 0.3 is 6.09 Å². The number of anilines is 2. The van der Waals surface area contributed by atoms with Gasteiger partial charge in [-0.2, -0.15) is 5.26 Å². The maximum atomic E-state index is 10.8. The van der Waals surface area contributed by atoms with Crippen molar-refractivity contribution in [1.82, 2.24) is 5.32 Å². The van der Waals surface area contributed by atoms with Gasteiger partial charge in [-0.25, -0.2) is 4.79 Å². The van der Waals surface area contributed by atoms with E-state index in [9.17, 15) is 4.79 Å². The molecule has 3 rings (SSSR count). The van der Waals surface area contributed by atoms with Crippen LogP contribution in [0, 0.1) is 30.1 Å². The molecule has 0 aromatic heterocycles. The number of amides is 1. The summed E-state index contributed by atoms with van der Waals surface area (Å²) in [4.78, 5) is 10.8. The van der Waals surface area contributed by atoms with Crippen LogP contribution in [0.15, 0.2) is 54.9 Å². The quantitative estimate of drug-likeness (QED) is 0.338. The summed E-state index contributed by atoms with van der Waals surface area (Å²) in [5.74, 6) is 1.82. The SMILES string of the molecule is C#C.C=C(Nc1cccc(C(C)NC(=O)O)c1)Nc1ccc(C#N)c(OC)c1.CC.CC1CCOC1. The number of methoxy groups -OCH3 is 1. The van der Waals surface area contributed by atoms with Gasteiger partial charge in [-0.15, -0.1) is 12.8 Å². The molecule has 0 radical (unpaired) electrons. The van der Waals surface area contributed by atoms with Gasteiger partial charge in [0.15, 0.2) is 0 Å². The second-order valence-electron chi connectivity index (χ2n) is 7.52. The van der Waals surface area contributed by atoms with Crippen LogP contribution in [0.4, 0.5) is 16.2 Å². The largest absolute Gasteiger partial charge is 0.495 e. The summed E-state index contributed by atoms with van der Waals surface area (Å²) < 4.78 is 10.2. The first kappa shape index (κ1) is 31.9. The Hall–Kier alpha value is -4.14. The molecule has 8 nitrogen and oxygen atoms in total. The van der Waals surface area contributed by atoms with Crippen molar-refractivity contribution >= 4 is 17.5 Å². The van der Waals surface area contributed by atoms with Gasteiger partial charge in [-0.1, -0.05) is 39.5 Å². The lowest BCUT2D eigenvalue weighted by Crippen LogP contribution is -2.24. The van der Waals surface area contributed by atoms with Crippen LogP contribution in [0.1, 0.15) is 51.3 Å². The molecule has 0 saturated carbocycles. The van der Waals surface area contributed by atoms with Gasteiger partial charge in [0.25, 0.3) is 0 Å². The van der Waals surface area contributed by atoms with Crippen LogP contribution >= 0.6 is 0 Å². The predicted molar refractivity (Wildman–Crippen MR) is 146 cm³/mol. The number of nitrogens with one attached hydrogen (secondary N) is 3. The maximum absolute atomic E-state index is 10.8. The van der Waals surface area contributed by atoms with Crippen molar-refractivity contribution in [1.29, 1.82) is 5.26 Å². The van der Waals surface area contributed by atoms with Crippen molar-refractivity contribution < 1.29 is 19.4 Å². The van der Waals surface area contributed by atoms with Crippen LogP contribution in [-0.4, -0.2) is 31.5 Å². The van der Waals surface area contributed by atoms with Crippen LogP contribution in [-0.2, 0) is 4.74 Å². The van der Waals surface area contributed by atoms with E-state index in [1.54, 1.807) is 25.1 Å². The molecule has 1 fully saturated rings. The number of terminal acetylenes is 1. The second kappa shape index (κ2) is 18.2. The second-order valence-corrected chi connectivity index (χ2v) is 7.52. The Kier molecular flexibility index (Phi) is 16.1. The first-order valence-corrected chi connectivity index (χ1v) is 11.6. The molecule has 2 aromatic carbocycles. The Morgan fingerprint density at radius 1 is 1.22 bits per heavy atom. The lowest BCUT2D eigenvalue weighted by atomic mass is 10.1. The molecule has 0 spiro atoms. The number of ether oxygens (including phenoxy) is 2. The molecular formula is C28H38N4O4.